The molecule has 0 amide bonds. The van der Waals surface area contributed by atoms with Crippen molar-refractivity contribution < 1.29 is 4.42 Å². The summed E-state index contributed by atoms with van der Waals surface area (Å²) in [4.78, 5) is 2.46. The Kier molecular flexibility index (Phi) is 8.23. The van der Waals surface area contributed by atoms with E-state index >= 15 is 0 Å². The molecule has 0 bridgehead atoms. The molecular formula is C65H41NO. The Morgan fingerprint density at radius 1 is 0.313 bits per heavy atom. The van der Waals surface area contributed by atoms with E-state index in [1.807, 2.05) is 0 Å². The summed E-state index contributed by atoms with van der Waals surface area (Å²) in [5, 5.41) is 5.79. The molecule has 2 heteroatoms. The molecule has 14 rings (SSSR count). The molecule has 2 heterocycles. The summed E-state index contributed by atoms with van der Waals surface area (Å²) in [6.45, 7) is 0. The highest BCUT2D eigenvalue weighted by molar-refractivity contribution is 6.29. The summed E-state index contributed by atoms with van der Waals surface area (Å²) in [5.74, 6) is 0.879. The number of hydrogen-bond acceptors (Lipinski definition) is 2. The first kappa shape index (κ1) is 37.6. The summed E-state index contributed by atoms with van der Waals surface area (Å²) in [7, 11) is 0. The SMILES string of the molecule is c1ccc(-c2cccc(-c3oc4c5ccc(-c6ccc(N7c8ccccc8C8(c9ccccc9-c9ccccc98)c8ccccc87)cc6)cc5c5ccccc5c4c3-c3ccccc3)c2)cc1. The van der Waals surface area contributed by atoms with E-state index in [4.69, 9.17) is 4.42 Å². The zero-order valence-electron chi connectivity index (χ0n) is 36.5. The van der Waals surface area contributed by atoms with E-state index < -0.39 is 5.41 Å². The maximum absolute atomic E-state index is 7.21. The van der Waals surface area contributed by atoms with Crippen LogP contribution in [0.4, 0.5) is 17.1 Å². The second kappa shape index (κ2) is 14.7. The van der Waals surface area contributed by atoms with Gasteiger partial charge in [0, 0.05) is 27.6 Å². The molecular weight excluding hydrogens is 811 g/mol. The van der Waals surface area contributed by atoms with Crippen molar-refractivity contribution in [1.82, 2.24) is 0 Å². The molecule has 0 fully saturated rings. The van der Waals surface area contributed by atoms with Crippen LogP contribution in [0.5, 0.6) is 0 Å². The summed E-state index contributed by atoms with van der Waals surface area (Å²) in [6.07, 6.45) is 0. The van der Waals surface area contributed by atoms with Crippen LogP contribution in [0.15, 0.2) is 253 Å². The Morgan fingerprint density at radius 3 is 1.48 bits per heavy atom. The number of benzene rings is 11. The van der Waals surface area contributed by atoms with E-state index in [-0.39, 0.29) is 0 Å². The molecule has 1 aromatic heterocycles. The molecule has 2 nitrogen and oxygen atoms in total. The highest BCUT2D eigenvalue weighted by Crippen LogP contribution is 2.63. The molecule has 11 aromatic carbocycles. The van der Waals surface area contributed by atoms with Gasteiger partial charge in [-0.15, -0.1) is 0 Å². The van der Waals surface area contributed by atoms with E-state index in [0.717, 1.165) is 61.2 Å². The molecule has 67 heavy (non-hydrogen) atoms. The normalized spacial score (nSPS) is 13.2. The lowest BCUT2D eigenvalue weighted by Crippen LogP contribution is -2.36. The van der Waals surface area contributed by atoms with Gasteiger partial charge < -0.3 is 9.32 Å². The predicted molar refractivity (Wildman–Crippen MR) is 279 cm³/mol. The molecule has 0 radical (unpaired) electrons. The lowest BCUT2D eigenvalue weighted by atomic mass is 9.64. The quantitative estimate of drug-likeness (QED) is 0.160. The standard InChI is InChI=1S/C65H41NO/c1-3-18-42(19-4-1)45-22-17-23-47(40-45)63-61(44-20-5-2-6-21-44)62-52-27-8-7-24-49(52)54-41-46(36-39-53(54)64(62)67-63)43-34-37-48(38-35-43)66-59-32-15-13-30-57(59)65(58-31-14-16-33-60(58)66)55-28-11-9-25-50(55)51-26-10-12-29-56(51)65/h1-41H. The molecule has 12 aromatic rings. The van der Waals surface area contributed by atoms with Crippen molar-refractivity contribution in [2.45, 2.75) is 5.41 Å². The van der Waals surface area contributed by atoms with Crippen LogP contribution in [0.1, 0.15) is 22.3 Å². The lowest BCUT2D eigenvalue weighted by Gasteiger charge is -2.45. The maximum atomic E-state index is 7.21. The minimum atomic E-state index is -0.432. The van der Waals surface area contributed by atoms with E-state index in [1.165, 1.54) is 66.5 Å². The molecule has 0 saturated carbocycles. The van der Waals surface area contributed by atoms with Gasteiger partial charge in [-0.25, -0.2) is 0 Å². The second-order valence-electron chi connectivity index (χ2n) is 17.9. The monoisotopic (exact) mass is 851 g/mol. The summed E-state index contributed by atoms with van der Waals surface area (Å²) in [5.41, 5.74) is 19.8. The van der Waals surface area contributed by atoms with Crippen molar-refractivity contribution in [2.24, 2.45) is 0 Å². The molecule has 0 saturated heterocycles. The van der Waals surface area contributed by atoms with E-state index in [2.05, 4.69) is 254 Å². The number of nitrogens with zero attached hydrogens (tertiary/aromatic N) is 1. The number of para-hydroxylation sites is 2. The Morgan fingerprint density at radius 2 is 0.806 bits per heavy atom. The van der Waals surface area contributed by atoms with Gasteiger partial charge in [0.2, 0.25) is 0 Å². The van der Waals surface area contributed by atoms with Crippen LogP contribution in [-0.4, -0.2) is 0 Å². The van der Waals surface area contributed by atoms with E-state index in [9.17, 15) is 0 Å². The summed E-state index contributed by atoms with van der Waals surface area (Å²) >= 11 is 0. The van der Waals surface area contributed by atoms with Crippen molar-refractivity contribution >= 4 is 49.6 Å². The van der Waals surface area contributed by atoms with Crippen LogP contribution in [0.2, 0.25) is 0 Å². The van der Waals surface area contributed by atoms with Gasteiger partial charge in [-0.1, -0.05) is 206 Å². The maximum Gasteiger partial charge on any atom is 0.143 e. The van der Waals surface area contributed by atoms with Crippen LogP contribution >= 0.6 is 0 Å². The average molecular weight is 852 g/mol. The zero-order chi connectivity index (χ0) is 44.1. The van der Waals surface area contributed by atoms with Gasteiger partial charge in [-0.3, -0.25) is 0 Å². The van der Waals surface area contributed by atoms with E-state index in [1.54, 1.807) is 0 Å². The van der Waals surface area contributed by atoms with Gasteiger partial charge in [0.15, 0.2) is 0 Å². The fourth-order valence-electron chi connectivity index (χ4n) is 11.7. The topological polar surface area (TPSA) is 16.4 Å². The van der Waals surface area contributed by atoms with Crippen LogP contribution in [0, 0.1) is 0 Å². The first-order valence-corrected chi connectivity index (χ1v) is 23.2. The fraction of sp³-hybridized carbons (Fsp3) is 0.0154. The highest BCUT2D eigenvalue weighted by atomic mass is 16.3. The number of hydrogen-bond donors (Lipinski definition) is 0. The fourth-order valence-corrected chi connectivity index (χ4v) is 11.7. The van der Waals surface area contributed by atoms with Gasteiger partial charge in [-0.2, -0.15) is 0 Å². The van der Waals surface area contributed by atoms with Gasteiger partial charge >= 0.3 is 0 Å². The Labute approximate surface area is 389 Å². The lowest BCUT2D eigenvalue weighted by molar-refractivity contribution is 0.636. The molecule has 0 N–H and O–H groups in total. The second-order valence-corrected chi connectivity index (χ2v) is 17.9. The van der Waals surface area contributed by atoms with Gasteiger partial charge in [-0.05, 0) is 120 Å². The molecule has 1 spiro atoms. The van der Waals surface area contributed by atoms with Crippen molar-refractivity contribution in [2.75, 3.05) is 4.90 Å². The third-order valence-electron chi connectivity index (χ3n) is 14.5. The van der Waals surface area contributed by atoms with Crippen LogP contribution in [0.3, 0.4) is 0 Å². The Hall–Kier alpha value is -8.72. The number of fused-ring (bicyclic) bond motifs is 15. The van der Waals surface area contributed by atoms with Crippen LogP contribution < -0.4 is 4.90 Å². The Balaban J connectivity index is 0.913. The van der Waals surface area contributed by atoms with Crippen molar-refractivity contribution in [3.63, 3.8) is 0 Å². The molecule has 312 valence electrons. The van der Waals surface area contributed by atoms with Crippen LogP contribution in [-0.2, 0) is 5.41 Å². The zero-order valence-corrected chi connectivity index (χ0v) is 36.5. The first-order valence-electron chi connectivity index (χ1n) is 23.2. The first-order chi connectivity index (χ1) is 33.3. The number of rotatable bonds is 5. The van der Waals surface area contributed by atoms with E-state index in [0.29, 0.717) is 0 Å². The Bertz CT molecular complexity index is 3820. The van der Waals surface area contributed by atoms with Crippen molar-refractivity contribution in [3.8, 4) is 55.8 Å². The van der Waals surface area contributed by atoms with Gasteiger partial charge in [0.05, 0.1) is 16.8 Å². The largest absolute Gasteiger partial charge is 0.455 e. The minimum absolute atomic E-state index is 0.432. The third kappa shape index (κ3) is 5.45. The molecule has 1 aliphatic heterocycles. The molecule has 1 aliphatic carbocycles. The molecule has 2 aliphatic rings. The minimum Gasteiger partial charge on any atom is -0.455 e. The van der Waals surface area contributed by atoms with Gasteiger partial charge in [0.1, 0.15) is 11.3 Å². The molecule has 0 atom stereocenters. The molecule has 0 unspecified atom stereocenters. The van der Waals surface area contributed by atoms with Crippen LogP contribution in [0.25, 0.3) is 88.3 Å². The highest BCUT2D eigenvalue weighted by Gasteiger charge is 2.51. The smallest absolute Gasteiger partial charge is 0.143 e. The summed E-state index contributed by atoms with van der Waals surface area (Å²) < 4.78 is 7.21. The number of furan rings is 1. The third-order valence-corrected chi connectivity index (χ3v) is 14.5. The number of anilines is 3. The van der Waals surface area contributed by atoms with Crippen molar-refractivity contribution in [1.29, 1.82) is 0 Å². The predicted octanol–water partition coefficient (Wildman–Crippen LogP) is 17.6. The summed E-state index contributed by atoms with van der Waals surface area (Å²) in [6, 6.07) is 90.9. The average Bonchev–Trinajstić information content (AvgIpc) is 3.95. The van der Waals surface area contributed by atoms with Gasteiger partial charge in [0.25, 0.3) is 0 Å². The van der Waals surface area contributed by atoms with Crippen molar-refractivity contribution in [3.05, 3.63) is 271 Å².